The van der Waals surface area contributed by atoms with Gasteiger partial charge in [0.15, 0.2) is 0 Å². The highest BCUT2D eigenvalue weighted by atomic mass is 16.7. The van der Waals surface area contributed by atoms with Gasteiger partial charge in [-0.1, -0.05) is 0 Å². The number of rotatable bonds is 2. The van der Waals surface area contributed by atoms with Gasteiger partial charge in [-0.05, 0) is 0 Å². The van der Waals surface area contributed by atoms with E-state index in [0.717, 1.165) is 6.92 Å². The summed E-state index contributed by atoms with van der Waals surface area (Å²) in [5.41, 5.74) is 5.43. The molecule has 1 amide bonds. The number of carbonyl (C=O) groups excluding carboxylic acids is 1. The van der Waals surface area contributed by atoms with Crippen molar-refractivity contribution in [3.63, 3.8) is 0 Å². The van der Waals surface area contributed by atoms with Crippen molar-refractivity contribution in [3.05, 3.63) is 0 Å². The van der Waals surface area contributed by atoms with Crippen molar-refractivity contribution in [2.24, 2.45) is 5.73 Å². The Hall–Kier alpha value is -0.770. The average molecular weight is 236 g/mol. The zero-order chi connectivity index (χ0) is 12.5. The lowest BCUT2D eigenvalue weighted by Gasteiger charge is -2.45. The fourth-order valence-corrected chi connectivity index (χ4v) is 1.55. The first kappa shape index (κ1) is 13.3. The minimum absolute atomic E-state index is 0.627. The largest absolute Gasteiger partial charge is 0.394 e. The number of aliphatic hydroxyl groups is 4. The lowest BCUT2D eigenvalue weighted by molar-refractivity contribution is -0.324. The molecule has 1 heterocycles. The number of ether oxygens (including phenoxy) is 1. The first-order chi connectivity index (χ1) is 7.31. The monoisotopic (exact) mass is 236 g/mol. The van der Waals surface area contributed by atoms with Gasteiger partial charge in [-0.3, -0.25) is 4.79 Å². The van der Waals surface area contributed by atoms with Crippen molar-refractivity contribution in [2.45, 2.75) is 37.2 Å². The molecule has 0 aliphatic carbocycles. The molecule has 0 aromatic rings. The van der Waals surface area contributed by atoms with Gasteiger partial charge in [0.05, 0.1) is 6.61 Å². The van der Waals surface area contributed by atoms with Gasteiger partial charge in [0.25, 0.3) is 5.91 Å². The minimum atomic E-state index is -2.31. The molecule has 8 nitrogen and oxygen atoms in total. The number of nitrogens with two attached hydrogens (primary N) is 1. The number of nitrogens with one attached hydrogen (secondary N) is 1. The number of hydrogen-bond donors (Lipinski definition) is 6. The molecule has 1 aliphatic rings. The van der Waals surface area contributed by atoms with Crippen LogP contribution in [0.1, 0.15) is 6.92 Å². The lowest BCUT2D eigenvalue weighted by Crippen LogP contribution is -2.73. The molecular formula is C8H16N2O6. The molecule has 8 heteroatoms. The fraction of sp³-hybridized carbons (Fsp3) is 0.875. The summed E-state index contributed by atoms with van der Waals surface area (Å²) < 4.78 is 4.87. The van der Waals surface area contributed by atoms with E-state index in [2.05, 4.69) is 0 Å². The van der Waals surface area contributed by atoms with Crippen LogP contribution < -0.4 is 11.1 Å². The third-order valence-electron chi connectivity index (χ3n) is 2.42. The maximum absolute atomic E-state index is 10.8. The zero-order valence-electron chi connectivity index (χ0n) is 8.70. The Kier molecular flexibility index (Phi) is 3.84. The topological polar surface area (TPSA) is 145 Å². The third-order valence-corrected chi connectivity index (χ3v) is 2.42. The molecule has 0 bridgehead atoms. The van der Waals surface area contributed by atoms with Crippen LogP contribution >= 0.6 is 0 Å². The predicted octanol–water partition coefficient (Wildman–Crippen LogP) is -3.79. The second-order valence-corrected chi connectivity index (χ2v) is 3.72. The summed E-state index contributed by atoms with van der Waals surface area (Å²) in [7, 11) is 0. The van der Waals surface area contributed by atoms with Crippen LogP contribution in [0, 0.1) is 0 Å². The van der Waals surface area contributed by atoms with Gasteiger partial charge in [-0.2, -0.15) is 0 Å². The van der Waals surface area contributed by atoms with Crippen molar-refractivity contribution in [1.29, 1.82) is 0 Å². The number of carbonyl (C=O) groups is 1. The first-order valence-electron chi connectivity index (χ1n) is 4.73. The second kappa shape index (κ2) is 4.62. The van der Waals surface area contributed by atoms with Crippen LogP contribution in [0.2, 0.25) is 0 Å². The standard InChI is InChI=1S/C8H16N2O6/c1-3(12)10-8(15)7(9)6(14)5(13)4(2-11)16-8/h4-7,11,13-15H,2,9H2,1H3,(H,10,12)/t4-,5+,6+,7-,8?/m1/s1. The van der Waals surface area contributed by atoms with E-state index in [9.17, 15) is 20.1 Å². The molecular weight excluding hydrogens is 220 g/mol. The summed E-state index contributed by atoms with van der Waals surface area (Å²) in [6.45, 7) is 0.492. The summed E-state index contributed by atoms with van der Waals surface area (Å²) in [6, 6.07) is -1.42. The Morgan fingerprint density at radius 3 is 2.50 bits per heavy atom. The van der Waals surface area contributed by atoms with Crippen molar-refractivity contribution in [1.82, 2.24) is 5.32 Å². The first-order valence-corrected chi connectivity index (χ1v) is 4.73. The third kappa shape index (κ3) is 2.32. The molecule has 1 fully saturated rings. The number of aliphatic hydroxyl groups excluding tert-OH is 3. The fourth-order valence-electron chi connectivity index (χ4n) is 1.55. The molecule has 0 aromatic heterocycles. The van der Waals surface area contributed by atoms with Crippen LogP contribution in [0.25, 0.3) is 0 Å². The highest BCUT2D eigenvalue weighted by molar-refractivity contribution is 5.73. The van der Waals surface area contributed by atoms with Crippen molar-refractivity contribution >= 4 is 5.91 Å². The molecule has 94 valence electrons. The number of hydrogen-bond acceptors (Lipinski definition) is 7. The van der Waals surface area contributed by atoms with Gasteiger partial charge >= 0.3 is 0 Å². The van der Waals surface area contributed by atoms with Gasteiger partial charge in [-0.15, -0.1) is 0 Å². The Balaban J connectivity index is 2.89. The molecule has 16 heavy (non-hydrogen) atoms. The van der Waals surface area contributed by atoms with E-state index in [0.29, 0.717) is 0 Å². The molecule has 0 aromatic carbocycles. The Morgan fingerprint density at radius 1 is 1.50 bits per heavy atom. The normalized spacial score (nSPS) is 44.1. The van der Waals surface area contributed by atoms with E-state index < -0.39 is 42.8 Å². The van der Waals surface area contributed by atoms with E-state index in [4.69, 9.17) is 15.6 Å². The number of amides is 1. The SMILES string of the molecule is CC(=O)NC1(O)O[C@H](CO)[C@H](O)[C@H](O)[C@H]1N. The van der Waals surface area contributed by atoms with Crippen LogP contribution in [-0.4, -0.2) is 63.2 Å². The van der Waals surface area contributed by atoms with Gasteiger partial charge < -0.3 is 36.2 Å². The van der Waals surface area contributed by atoms with Crippen LogP contribution in [-0.2, 0) is 9.53 Å². The van der Waals surface area contributed by atoms with Crippen molar-refractivity contribution < 1.29 is 30.0 Å². The highest BCUT2D eigenvalue weighted by Gasteiger charge is 2.52. The zero-order valence-corrected chi connectivity index (χ0v) is 8.70. The highest BCUT2D eigenvalue weighted by Crippen LogP contribution is 2.24. The van der Waals surface area contributed by atoms with E-state index in [1.807, 2.05) is 5.32 Å². The molecule has 0 radical (unpaired) electrons. The van der Waals surface area contributed by atoms with Gasteiger partial charge in [0, 0.05) is 6.92 Å². The van der Waals surface area contributed by atoms with E-state index in [-0.39, 0.29) is 0 Å². The quantitative estimate of drug-likeness (QED) is 0.270. The summed E-state index contributed by atoms with van der Waals surface area (Å²) in [4.78, 5) is 10.8. The van der Waals surface area contributed by atoms with Crippen molar-refractivity contribution in [3.8, 4) is 0 Å². The summed E-state index contributed by atoms with van der Waals surface area (Å²) in [6.07, 6.45) is -4.19. The Bertz CT molecular complexity index is 273. The second-order valence-electron chi connectivity index (χ2n) is 3.72. The predicted molar refractivity (Wildman–Crippen MR) is 50.7 cm³/mol. The summed E-state index contributed by atoms with van der Waals surface area (Å²) >= 11 is 0. The Labute approximate surface area is 91.6 Å². The molecule has 0 spiro atoms. The molecule has 1 unspecified atom stereocenters. The van der Waals surface area contributed by atoms with Gasteiger partial charge in [-0.25, -0.2) is 0 Å². The van der Waals surface area contributed by atoms with Crippen LogP contribution in [0.3, 0.4) is 0 Å². The van der Waals surface area contributed by atoms with Crippen molar-refractivity contribution in [2.75, 3.05) is 6.61 Å². The maximum Gasteiger partial charge on any atom is 0.268 e. The van der Waals surface area contributed by atoms with E-state index in [1.165, 1.54) is 0 Å². The van der Waals surface area contributed by atoms with E-state index in [1.54, 1.807) is 0 Å². The molecule has 5 atom stereocenters. The van der Waals surface area contributed by atoms with Gasteiger partial charge in [0.1, 0.15) is 24.4 Å². The average Bonchev–Trinajstić information content (AvgIpc) is 2.20. The lowest BCUT2D eigenvalue weighted by atomic mass is 9.95. The molecule has 1 aliphatic heterocycles. The molecule has 1 saturated heterocycles. The van der Waals surface area contributed by atoms with E-state index >= 15 is 0 Å². The van der Waals surface area contributed by atoms with Crippen LogP contribution in [0.4, 0.5) is 0 Å². The summed E-state index contributed by atoms with van der Waals surface area (Å²) in [5.74, 6) is -2.93. The molecule has 7 N–H and O–H groups in total. The van der Waals surface area contributed by atoms with Gasteiger partial charge in [0.2, 0.25) is 5.91 Å². The maximum atomic E-state index is 10.8. The summed E-state index contributed by atoms with van der Waals surface area (Å²) in [5, 5.41) is 39.7. The minimum Gasteiger partial charge on any atom is -0.394 e. The Morgan fingerprint density at radius 2 is 2.06 bits per heavy atom. The molecule has 1 rings (SSSR count). The molecule has 0 saturated carbocycles. The smallest absolute Gasteiger partial charge is 0.268 e. The van der Waals surface area contributed by atoms with Crippen LogP contribution in [0.5, 0.6) is 0 Å². The van der Waals surface area contributed by atoms with Crippen LogP contribution in [0.15, 0.2) is 0 Å².